The smallest absolute Gasteiger partial charge is 0.346 e. The van der Waals surface area contributed by atoms with Crippen LogP contribution in [0, 0.1) is 17.7 Å². The van der Waals surface area contributed by atoms with Gasteiger partial charge in [0.15, 0.2) is 0 Å². The van der Waals surface area contributed by atoms with E-state index in [1.807, 2.05) is 18.2 Å². The van der Waals surface area contributed by atoms with Gasteiger partial charge in [-0.3, -0.25) is 0 Å². The highest BCUT2D eigenvalue weighted by Crippen LogP contribution is 2.34. The number of rotatable bonds is 9. The first-order valence-corrected chi connectivity index (χ1v) is 11.5. The summed E-state index contributed by atoms with van der Waals surface area (Å²) in [6.45, 7) is 4.18. The molecule has 0 amide bonds. The van der Waals surface area contributed by atoms with Gasteiger partial charge in [0.05, 0.1) is 0 Å². The molecule has 0 unspecified atom stereocenters. The second kappa shape index (κ2) is 10.8. The molecule has 29 heavy (non-hydrogen) atoms. The van der Waals surface area contributed by atoms with Crippen molar-refractivity contribution in [3.8, 4) is 0 Å². The van der Waals surface area contributed by atoms with Gasteiger partial charge in [0.2, 0.25) is 0 Å². The van der Waals surface area contributed by atoms with Crippen molar-refractivity contribution in [3.63, 3.8) is 0 Å². The van der Waals surface area contributed by atoms with Gasteiger partial charge in [-0.05, 0) is 67.9 Å². The zero-order valence-corrected chi connectivity index (χ0v) is 18.0. The molecule has 3 heteroatoms. The summed E-state index contributed by atoms with van der Waals surface area (Å²) in [6, 6.07) is 5.58. The van der Waals surface area contributed by atoms with Gasteiger partial charge >= 0.3 is 5.63 Å². The summed E-state index contributed by atoms with van der Waals surface area (Å²) >= 11 is 0. The molecule has 2 nitrogen and oxygen atoms in total. The van der Waals surface area contributed by atoms with Crippen molar-refractivity contribution in [3.05, 3.63) is 57.9 Å². The number of hydrogen-bond donors (Lipinski definition) is 0. The number of halogens is 1. The van der Waals surface area contributed by atoms with Gasteiger partial charge in [-0.2, -0.15) is 0 Å². The second-order valence-corrected chi connectivity index (χ2v) is 8.68. The first kappa shape index (κ1) is 21.8. The maximum atomic E-state index is 15.0. The van der Waals surface area contributed by atoms with Crippen LogP contribution in [0.3, 0.4) is 0 Å². The van der Waals surface area contributed by atoms with Crippen LogP contribution in [0.25, 0.3) is 10.8 Å². The van der Waals surface area contributed by atoms with Crippen molar-refractivity contribution in [2.45, 2.75) is 84.5 Å². The van der Waals surface area contributed by atoms with E-state index in [0.717, 1.165) is 31.6 Å². The fourth-order valence-electron chi connectivity index (χ4n) is 4.67. The van der Waals surface area contributed by atoms with E-state index in [1.165, 1.54) is 38.5 Å². The van der Waals surface area contributed by atoms with Crippen LogP contribution >= 0.6 is 0 Å². The highest BCUT2D eigenvalue weighted by Gasteiger charge is 2.21. The van der Waals surface area contributed by atoms with Crippen LogP contribution in [0.5, 0.6) is 0 Å². The van der Waals surface area contributed by atoms with Gasteiger partial charge in [0, 0.05) is 6.42 Å². The molecule has 0 aliphatic heterocycles. The van der Waals surface area contributed by atoms with Crippen molar-refractivity contribution >= 4 is 10.8 Å². The Bertz CT molecular complexity index is 872. The van der Waals surface area contributed by atoms with Crippen molar-refractivity contribution in [2.75, 3.05) is 0 Å². The number of aryl methyl sites for hydroxylation is 2. The third-order valence-electron chi connectivity index (χ3n) is 6.54. The van der Waals surface area contributed by atoms with E-state index in [-0.39, 0.29) is 11.2 Å². The summed E-state index contributed by atoms with van der Waals surface area (Å²) in [5.41, 5.74) is 0.121. The maximum Gasteiger partial charge on any atom is 0.346 e. The molecular formula is C26H35FO2. The van der Waals surface area contributed by atoms with Crippen molar-refractivity contribution in [2.24, 2.45) is 11.8 Å². The van der Waals surface area contributed by atoms with Gasteiger partial charge < -0.3 is 4.42 Å². The molecular weight excluding hydrogens is 363 g/mol. The zero-order valence-electron chi connectivity index (χ0n) is 18.0. The molecule has 1 heterocycles. The number of unbranched alkanes of at least 4 members (excludes halogenated alkanes) is 1. The summed E-state index contributed by atoms with van der Waals surface area (Å²) in [5.74, 6) is 1.81. The Balaban J connectivity index is 1.60. The average Bonchev–Trinajstić information content (AvgIpc) is 2.72. The minimum atomic E-state index is -0.533. The summed E-state index contributed by atoms with van der Waals surface area (Å²) in [4.78, 5) is 12.4. The average molecular weight is 399 g/mol. The zero-order chi connectivity index (χ0) is 20.6. The van der Waals surface area contributed by atoms with E-state index in [1.54, 1.807) is 0 Å². The minimum Gasteiger partial charge on any atom is -0.427 e. The van der Waals surface area contributed by atoms with Crippen molar-refractivity contribution in [1.29, 1.82) is 0 Å². The van der Waals surface area contributed by atoms with Gasteiger partial charge in [-0.15, -0.1) is 0 Å². The lowest BCUT2D eigenvalue weighted by molar-refractivity contribution is 0.254. The quantitative estimate of drug-likeness (QED) is 0.413. The molecule has 0 N–H and O–H groups in total. The molecule has 0 atom stereocenters. The lowest BCUT2D eigenvalue weighted by Gasteiger charge is -2.28. The van der Waals surface area contributed by atoms with E-state index >= 15 is 4.39 Å². The van der Waals surface area contributed by atoms with E-state index in [9.17, 15) is 4.79 Å². The van der Waals surface area contributed by atoms with Crippen LogP contribution in [0.15, 0.2) is 39.6 Å². The Labute approximate surface area is 174 Å². The van der Waals surface area contributed by atoms with Crippen LogP contribution in [0.4, 0.5) is 4.39 Å². The van der Waals surface area contributed by atoms with Gasteiger partial charge in [0.1, 0.15) is 17.0 Å². The van der Waals surface area contributed by atoms with Crippen LogP contribution < -0.4 is 5.63 Å². The minimum absolute atomic E-state index is 0.121. The first-order valence-electron chi connectivity index (χ1n) is 11.5. The van der Waals surface area contributed by atoms with Gasteiger partial charge in [0.25, 0.3) is 0 Å². The largest absolute Gasteiger partial charge is 0.427 e. The van der Waals surface area contributed by atoms with Crippen LogP contribution in [-0.2, 0) is 12.8 Å². The lowest BCUT2D eigenvalue weighted by Crippen LogP contribution is -2.15. The Morgan fingerprint density at radius 2 is 1.83 bits per heavy atom. The number of benzene rings is 1. The number of allylic oxidation sites excluding steroid dienone is 2. The van der Waals surface area contributed by atoms with E-state index < -0.39 is 5.63 Å². The normalized spacial score (nSPS) is 20.0. The summed E-state index contributed by atoms with van der Waals surface area (Å²) in [6.07, 6.45) is 16.4. The topological polar surface area (TPSA) is 30.2 Å². The molecule has 1 aromatic carbocycles. The predicted octanol–water partition coefficient (Wildman–Crippen LogP) is 7.37. The summed E-state index contributed by atoms with van der Waals surface area (Å²) in [7, 11) is 0. The fourth-order valence-corrected chi connectivity index (χ4v) is 4.67. The predicted molar refractivity (Wildman–Crippen MR) is 119 cm³/mol. The molecule has 1 aromatic heterocycles. The third-order valence-corrected chi connectivity index (χ3v) is 6.54. The Morgan fingerprint density at radius 1 is 1.10 bits per heavy atom. The van der Waals surface area contributed by atoms with E-state index in [2.05, 4.69) is 26.0 Å². The lowest BCUT2D eigenvalue weighted by atomic mass is 9.78. The third kappa shape index (κ3) is 5.81. The number of fused-ring (bicyclic) bond motifs is 1. The van der Waals surface area contributed by atoms with Crippen LogP contribution in [-0.4, -0.2) is 0 Å². The Kier molecular flexibility index (Phi) is 8.09. The number of hydrogen-bond acceptors (Lipinski definition) is 2. The summed E-state index contributed by atoms with van der Waals surface area (Å²) in [5, 5.41) is 0.783. The molecule has 1 aliphatic rings. The standard InChI is InChI=1S/C26H35FO2/c1-3-5-7-8-19-10-12-20(13-11-19)14-15-21-16-17-22-18-23(9-6-4-2)29-26(28)24(22)25(21)27/h3,5,16-20H,4,6-15H2,1-2H3/b5-3+. The summed E-state index contributed by atoms with van der Waals surface area (Å²) < 4.78 is 20.4. The van der Waals surface area contributed by atoms with Crippen molar-refractivity contribution in [1.82, 2.24) is 0 Å². The molecule has 1 aliphatic carbocycles. The SMILES string of the molecule is C/C=C/CCC1CCC(CCc2ccc3cc(CCCC)oc(=O)c3c2F)CC1. The molecule has 158 valence electrons. The Hall–Kier alpha value is -1.90. The molecule has 3 rings (SSSR count). The van der Waals surface area contributed by atoms with Crippen LogP contribution in [0.2, 0.25) is 0 Å². The van der Waals surface area contributed by atoms with Gasteiger partial charge in [-0.1, -0.05) is 63.3 Å². The second-order valence-electron chi connectivity index (χ2n) is 8.68. The van der Waals surface area contributed by atoms with E-state index in [4.69, 9.17) is 4.42 Å². The monoisotopic (exact) mass is 398 g/mol. The van der Waals surface area contributed by atoms with Crippen molar-refractivity contribution < 1.29 is 8.81 Å². The van der Waals surface area contributed by atoms with Crippen LogP contribution in [0.1, 0.15) is 83.0 Å². The first-order chi connectivity index (χ1) is 14.1. The highest BCUT2D eigenvalue weighted by atomic mass is 19.1. The highest BCUT2D eigenvalue weighted by molar-refractivity contribution is 5.82. The fraction of sp³-hybridized carbons (Fsp3) is 0.577. The molecule has 1 saturated carbocycles. The van der Waals surface area contributed by atoms with Gasteiger partial charge in [-0.25, -0.2) is 9.18 Å². The molecule has 0 radical (unpaired) electrons. The molecule has 0 bridgehead atoms. The van der Waals surface area contributed by atoms with E-state index in [0.29, 0.717) is 29.0 Å². The Morgan fingerprint density at radius 3 is 2.52 bits per heavy atom. The molecule has 0 spiro atoms. The maximum absolute atomic E-state index is 15.0. The molecule has 0 saturated heterocycles. The molecule has 2 aromatic rings. The molecule has 1 fully saturated rings.